The highest BCUT2D eigenvalue weighted by Gasteiger charge is 2.43. The fourth-order valence-corrected chi connectivity index (χ4v) is 6.04. The first-order valence-electron chi connectivity index (χ1n) is 9.08. The molecule has 0 saturated carbocycles. The van der Waals surface area contributed by atoms with E-state index in [1.54, 1.807) is 0 Å². The molecular formula is C13H20N5O13P3. The van der Waals surface area contributed by atoms with Gasteiger partial charge in [0.1, 0.15) is 12.3 Å². The molecule has 3 heterocycles. The molecule has 0 aliphatic carbocycles. The molecule has 1 saturated heterocycles. The maximum atomic E-state index is 12.0. The highest BCUT2D eigenvalue weighted by molar-refractivity contribution is 7.66. The van der Waals surface area contributed by atoms with Gasteiger partial charge in [-0.2, -0.15) is 13.6 Å². The highest BCUT2D eigenvalue weighted by atomic mass is 31.3. The van der Waals surface area contributed by atoms with Crippen LogP contribution in [0.3, 0.4) is 0 Å². The number of imidazole rings is 1. The fraction of sp³-hybridized carbons (Fsp3) is 0.462. The number of phosphoric ester groups is 1. The Kier molecular flexibility index (Phi) is 7.94. The lowest BCUT2D eigenvalue weighted by atomic mass is 10.2. The van der Waals surface area contributed by atoms with Gasteiger partial charge in [-0.05, 0) is 0 Å². The molecule has 5 atom stereocenters. The Bertz CT molecular complexity index is 1260. The zero-order chi connectivity index (χ0) is 25.3. The van der Waals surface area contributed by atoms with Crippen LogP contribution in [0, 0.1) is 0 Å². The van der Waals surface area contributed by atoms with Gasteiger partial charge in [0.05, 0.1) is 25.6 Å². The number of fused-ring (bicyclic) bond motifs is 1. The lowest BCUT2D eigenvalue weighted by molar-refractivity contribution is -0.0551. The Labute approximate surface area is 189 Å². The molecule has 0 aromatic carbocycles. The lowest BCUT2D eigenvalue weighted by Crippen LogP contribution is -2.29. The van der Waals surface area contributed by atoms with E-state index in [1.807, 2.05) is 0 Å². The van der Waals surface area contributed by atoms with Crippen molar-refractivity contribution in [3.8, 4) is 0 Å². The molecular weight excluding hydrogens is 527 g/mol. The minimum Gasteiger partial charge on any atom is -0.371 e. The van der Waals surface area contributed by atoms with Crippen molar-refractivity contribution < 1.29 is 55.9 Å². The van der Waals surface area contributed by atoms with E-state index in [9.17, 15) is 28.3 Å². The maximum Gasteiger partial charge on any atom is 0.490 e. The molecule has 0 spiro atoms. The van der Waals surface area contributed by atoms with E-state index >= 15 is 0 Å². The largest absolute Gasteiger partial charge is 0.490 e. The van der Waals surface area contributed by atoms with Crippen molar-refractivity contribution in [3.63, 3.8) is 0 Å². The minimum atomic E-state index is -5.67. The maximum absolute atomic E-state index is 12.0. The van der Waals surface area contributed by atoms with E-state index in [0.29, 0.717) is 0 Å². The molecule has 7 N–H and O–H groups in total. The van der Waals surface area contributed by atoms with E-state index in [4.69, 9.17) is 25.0 Å². The van der Waals surface area contributed by atoms with Gasteiger partial charge >= 0.3 is 23.5 Å². The van der Waals surface area contributed by atoms with Crippen LogP contribution in [0.25, 0.3) is 11.2 Å². The number of nitrogen functional groups attached to an aromatic ring is 1. The van der Waals surface area contributed by atoms with Crippen LogP contribution in [0.2, 0.25) is 0 Å². The molecule has 3 rings (SSSR count). The second-order valence-electron chi connectivity index (χ2n) is 6.69. The molecule has 2 aromatic heterocycles. The van der Waals surface area contributed by atoms with E-state index < -0.39 is 54.1 Å². The van der Waals surface area contributed by atoms with Crippen molar-refractivity contribution in [3.05, 3.63) is 29.3 Å². The Morgan fingerprint density at radius 2 is 1.97 bits per heavy atom. The summed E-state index contributed by atoms with van der Waals surface area (Å²) >= 11 is 0. The van der Waals surface area contributed by atoms with Gasteiger partial charge < -0.3 is 34.8 Å². The van der Waals surface area contributed by atoms with Crippen molar-refractivity contribution in [2.45, 2.75) is 24.9 Å². The van der Waals surface area contributed by atoms with Gasteiger partial charge in [-0.3, -0.25) is 18.9 Å². The first kappa shape index (κ1) is 26.8. The number of rotatable bonds is 11. The van der Waals surface area contributed by atoms with Crippen molar-refractivity contribution in [1.29, 1.82) is 0 Å². The van der Waals surface area contributed by atoms with E-state index in [-0.39, 0.29) is 30.1 Å². The van der Waals surface area contributed by atoms with Crippen LogP contribution in [0.1, 0.15) is 12.6 Å². The second kappa shape index (κ2) is 10.1. The summed E-state index contributed by atoms with van der Waals surface area (Å²) in [6, 6.07) is 0. The number of H-pyrrole nitrogens is 1. The third-order valence-corrected chi connectivity index (χ3v) is 7.99. The van der Waals surface area contributed by atoms with Crippen LogP contribution in [-0.4, -0.2) is 64.5 Å². The number of aromatic nitrogens is 4. The second-order valence-corrected chi connectivity index (χ2v) is 11.1. The SMILES string of the molecule is C=CCO[C@@H]1C[C@H](n2cnc3c(=O)[nH]c(N)nc32)OC1COP(=O)(O)OP(=O)(O)OP(=O)(O)O. The Morgan fingerprint density at radius 1 is 1.26 bits per heavy atom. The number of anilines is 1. The molecule has 0 amide bonds. The molecule has 21 heteroatoms. The Morgan fingerprint density at radius 3 is 2.62 bits per heavy atom. The normalized spacial score (nSPS) is 24.6. The molecule has 1 aliphatic heterocycles. The summed E-state index contributed by atoms with van der Waals surface area (Å²) < 4.78 is 58.9. The first-order chi connectivity index (χ1) is 15.7. The predicted octanol–water partition coefficient (Wildman–Crippen LogP) is -0.0962. The van der Waals surface area contributed by atoms with Crippen molar-refractivity contribution >= 4 is 40.6 Å². The van der Waals surface area contributed by atoms with E-state index in [1.165, 1.54) is 17.0 Å². The summed E-state index contributed by atoms with van der Waals surface area (Å²) in [5.74, 6) is -0.166. The third kappa shape index (κ3) is 6.88. The standard InChI is InChI=1S/C13H20N5O13P3/c1-2-3-27-7-4-9(18-6-15-10-11(18)16-13(14)17-12(10)19)29-8(7)5-28-33(23,24)31-34(25,26)30-32(20,21)22/h2,6-9H,1,3-5H2,(H,23,24)(H,25,26)(H2,20,21,22)(H3,14,16,17,19)/t7-,8?,9-/m1/s1. The topological polar surface area (TPSA) is 268 Å². The summed E-state index contributed by atoms with van der Waals surface area (Å²) in [6.45, 7) is 2.84. The summed E-state index contributed by atoms with van der Waals surface area (Å²) in [5.41, 5.74) is 5.08. The van der Waals surface area contributed by atoms with Gasteiger partial charge in [0, 0.05) is 6.42 Å². The van der Waals surface area contributed by atoms with Gasteiger partial charge in [-0.15, -0.1) is 6.58 Å². The molecule has 3 unspecified atom stereocenters. The quantitative estimate of drug-likeness (QED) is 0.158. The number of hydrogen-bond donors (Lipinski definition) is 6. The summed E-state index contributed by atoms with van der Waals surface area (Å²) in [7, 11) is -16.6. The molecule has 0 bridgehead atoms. The van der Waals surface area contributed by atoms with Crippen molar-refractivity contribution in [2.75, 3.05) is 18.9 Å². The zero-order valence-corrected chi connectivity index (χ0v) is 19.6. The van der Waals surface area contributed by atoms with E-state index in [2.05, 4.69) is 34.7 Å². The molecule has 18 nitrogen and oxygen atoms in total. The lowest BCUT2D eigenvalue weighted by Gasteiger charge is -2.21. The number of nitrogens with zero attached hydrogens (tertiary/aromatic N) is 3. The van der Waals surface area contributed by atoms with Crippen LogP contribution in [0.4, 0.5) is 5.95 Å². The molecule has 1 fully saturated rings. The monoisotopic (exact) mass is 547 g/mol. The van der Waals surface area contributed by atoms with E-state index in [0.717, 1.165) is 0 Å². The van der Waals surface area contributed by atoms with Crippen LogP contribution < -0.4 is 11.3 Å². The zero-order valence-electron chi connectivity index (χ0n) is 16.9. The number of ether oxygens (including phenoxy) is 2. The van der Waals surface area contributed by atoms with Crippen molar-refractivity contribution in [1.82, 2.24) is 19.5 Å². The first-order valence-corrected chi connectivity index (χ1v) is 13.6. The smallest absolute Gasteiger partial charge is 0.371 e. The van der Waals surface area contributed by atoms with Crippen molar-refractivity contribution in [2.24, 2.45) is 0 Å². The fourth-order valence-electron chi connectivity index (χ4n) is 3.01. The minimum absolute atomic E-state index is 0.0157. The van der Waals surface area contributed by atoms with Gasteiger partial charge in [-0.1, -0.05) is 6.08 Å². The highest BCUT2D eigenvalue weighted by Crippen LogP contribution is 2.66. The number of hydrogen-bond acceptors (Lipinski definition) is 12. The Balaban J connectivity index is 1.75. The average molecular weight is 547 g/mol. The third-order valence-electron chi connectivity index (χ3n) is 4.19. The number of nitrogens with one attached hydrogen (secondary N) is 1. The van der Waals surface area contributed by atoms with Crippen LogP contribution in [0.15, 0.2) is 23.8 Å². The number of aromatic amines is 1. The molecule has 1 aliphatic rings. The number of phosphoric acid groups is 3. The predicted molar refractivity (Wildman–Crippen MR) is 111 cm³/mol. The van der Waals surface area contributed by atoms with Gasteiger partial charge in [0.2, 0.25) is 5.95 Å². The molecule has 0 radical (unpaired) electrons. The number of nitrogens with two attached hydrogens (primary N) is 1. The van der Waals surface area contributed by atoms with Gasteiger partial charge in [0.15, 0.2) is 11.2 Å². The molecule has 34 heavy (non-hydrogen) atoms. The molecule has 2 aromatic rings. The Hall–Kier alpha value is -1.78. The van der Waals surface area contributed by atoms with Gasteiger partial charge in [0.25, 0.3) is 5.56 Å². The van der Waals surface area contributed by atoms with Crippen LogP contribution in [0.5, 0.6) is 0 Å². The summed E-state index contributed by atoms with van der Waals surface area (Å²) in [6.07, 6.45) is 0.146. The van der Waals surface area contributed by atoms with Crippen LogP contribution in [-0.2, 0) is 36.3 Å². The van der Waals surface area contributed by atoms with Gasteiger partial charge in [-0.25, -0.2) is 18.7 Å². The molecule has 190 valence electrons. The average Bonchev–Trinajstić information content (AvgIpc) is 3.25. The summed E-state index contributed by atoms with van der Waals surface area (Å²) in [5, 5.41) is 0. The van der Waals surface area contributed by atoms with Crippen LogP contribution >= 0.6 is 23.5 Å². The summed E-state index contributed by atoms with van der Waals surface area (Å²) in [4.78, 5) is 58.3.